The first-order valence-corrected chi connectivity index (χ1v) is 6.48. The Labute approximate surface area is 104 Å². The molecule has 1 atom stereocenters. The molecule has 0 fully saturated rings. The van der Waals surface area contributed by atoms with Crippen LogP contribution in [0, 0.1) is 10.1 Å². The van der Waals surface area contributed by atoms with E-state index in [0.717, 1.165) is 6.20 Å². The second kappa shape index (κ2) is 5.71. The standard InChI is InChI=1S/C8H13N5O4S/c1-6(4-9)18(16,17)12-11-8-3-2-7(5-10-8)13(14)15/h2-3,5-6,12H,4,9H2,1H3,(H,10,11). The molecule has 9 nitrogen and oxygen atoms in total. The van der Waals surface area contributed by atoms with Gasteiger partial charge in [0.15, 0.2) is 0 Å². The Morgan fingerprint density at radius 2 is 2.22 bits per heavy atom. The maximum absolute atomic E-state index is 11.5. The molecule has 1 aromatic rings. The van der Waals surface area contributed by atoms with E-state index in [9.17, 15) is 18.5 Å². The fraction of sp³-hybridized carbons (Fsp3) is 0.375. The molecule has 0 saturated carbocycles. The van der Waals surface area contributed by atoms with Gasteiger partial charge in [-0.05, 0) is 13.0 Å². The van der Waals surface area contributed by atoms with Gasteiger partial charge in [0.1, 0.15) is 12.0 Å². The molecule has 10 heteroatoms. The second-order valence-electron chi connectivity index (χ2n) is 3.48. The van der Waals surface area contributed by atoms with E-state index in [1.54, 1.807) is 0 Å². The Morgan fingerprint density at radius 1 is 1.56 bits per heavy atom. The maximum atomic E-state index is 11.5. The van der Waals surface area contributed by atoms with Crippen molar-refractivity contribution in [3.05, 3.63) is 28.4 Å². The third kappa shape index (κ3) is 3.61. The first-order chi connectivity index (χ1) is 8.36. The molecular weight excluding hydrogens is 262 g/mol. The number of hydrogen-bond donors (Lipinski definition) is 3. The molecule has 0 saturated heterocycles. The van der Waals surface area contributed by atoms with Crippen molar-refractivity contribution in [2.45, 2.75) is 12.2 Å². The van der Waals surface area contributed by atoms with Crippen LogP contribution in [-0.4, -0.2) is 30.1 Å². The monoisotopic (exact) mass is 275 g/mol. The summed E-state index contributed by atoms with van der Waals surface area (Å²) < 4.78 is 23.0. The highest BCUT2D eigenvalue weighted by atomic mass is 32.2. The number of anilines is 1. The number of hydrazine groups is 1. The molecule has 0 bridgehead atoms. The smallest absolute Gasteiger partial charge is 0.287 e. The molecule has 0 aliphatic heterocycles. The van der Waals surface area contributed by atoms with E-state index in [2.05, 4.69) is 15.2 Å². The highest BCUT2D eigenvalue weighted by Gasteiger charge is 2.18. The minimum atomic E-state index is -3.59. The van der Waals surface area contributed by atoms with Crippen molar-refractivity contribution in [1.82, 2.24) is 9.82 Å². The SMILES string of the molecule is CC(CN)S(=O)(=O)NNc1ccc([N+](=O)[O-])cn1. The van der Waals surface area contributed by atoms with Crippen molar-refractivity contribution in [1.29, 1.82) is 0 Å². The summed E-state index contributed by atoms with van der Waals surface area (Å²) in [6.45, 7) is 1.43. The molecule has 0 radical (unpaired) electrons. The van der Waals surface area contributed by atoms with E-state index in [4.69, 9.17) is 5.73 Å². The number of nitro groups is 1. The molecule has 4 N–H and O–H groups in total. The second-order valence-corrected chi connectivity index (χ2v) is 5.58. The van der Waals surface area contributed by atoms with E-state index < -0.39 is 20.2 Å². The van der Waals surface area contributed by atoms with Gasteiger partial charge in [-0.2, -0.15) is 0 Å². The lowest BCUT2D eigenvalue weighted by molar-refractivity contribution is -0.385. The summed E-state index contributed by atoms with van der Waals surface area (Å²) in [5, 5.41) is 9.62. The van der Waals surface area contributed by atoms with Gasteiger partial charge in [-0.25, -0.2) is 13.4 Å². The number of sulfonamides is 1. The predicted octanol–water partition coefficient (Wildman–Crippen LogP) is -0.417. The van der Waals surface area contributed by atoms with Crippen LogP contribution in [0.5, 0.6) is 0 Å². The van der Waals surface area contributed by atoms with Crippen molar-refractivity contribution < 1.29 is 13.3 Å². The average molecular weight is 275 g/mol. The number of hydrogen-bond acceptors (Lipinski definition) is 7. The van der Waals surface area contributed by atoms with E-state index in [-0.39, 0.29) is 18.1 Å². The summed E-state index contributed by atoms with van der Waals surface area (Å²) in [6.07, 6.45) is 1.02. The van der Waals surface area contributed by atoms with Gasteiger partial charge in [-0.1, -0.05) is 0 Å². The molecule has 18 heavy (non-hydrogen) atoms. The van der Waals surface area contributed by atoms with Gasteiger partial charge in [-0.15, -0.1) is 4.83 Å². The van der Waals surface area contributed by atoms with Gasteiger partial charge >= 0.3 is 0 Å². The largest absolute Gasteiger partial charge is 0.329 e. The number of rotatable bonds is 6. The van der Waals surface area contributed by atoms with E-state index in [0.29, 0.717) is 0 Å². The highest BCUT2D eigenvalue weighted by molar-refractivity contribution is 7.90. The summed E-state index contributed by atoms with van der Waals surface area (Å²) in [5.41, 5.74) is 7.40. The lowest BCUT2D eigenvalue weighted by Crippen LogP contribution is -2.40. The molecule has 1 rings (SSSR count). The van der Waals surface area contributed by atoms with Crippen molar-refractivity contribution >= 4 is 21.5 Å². The Hall–Kier alpha value is -1.78. The van der Waals surface area contributed by atoms with Gasteiger partial charge in [-0.3, -0.25) is 15.5 Å². The van der Waals surface area contributed by atoms with E-state index in [1.807, 2.05) is 0 Å². The summed E-state index contributed by atoms with van der Waals surface area (Å²) in [5.74, 6) is 0.147. The summed E-state index contributed by atoms with van der Waals surface area (Å²) in [4.78, 5) is 15.5. The zero-order chi connectivity index (χ0) is 13.8. The van der Waals surface area contributed by atoms with Gasteiger partial charge in [0.25, 0.3) is 5.69 Å². The fourth-order valence-corrected chi connectivity index (χ4v) is 1.62. The zero-order valence-electron chi connectivity index (χ0n) is 9.53. The lowest BCUT2D eigenvalue weighted by atomic mass is 10.4. The molecule has 0 aliphatic rings. The van der Waals surface area contributed by atoms with E-state index >= 15 is 0 Å². The van der Waals surface area contributed by atoms with Crippen molar-refractivity contribution in [3.63, 3.8) is 0 Å². The number of aromatic nitrogens is 1. The van der Waals surface area contributed by atoms with Crippen LogP contribution in [0.1, 0.15) is 6.92 Å². The minimum Gasteiger partial charge on any atom is -0.329 e. The Balaban J connectivity index is 2.67. The fourth-order valence-electron chi connectivity index (χ4n) is 0.919. The summed E-state index contributed by atoms with van der Waals surface area (Å²) >= 11 is 0. The van der Waals surface area contributed by atoms with Crippen LogP contribution in [-0.2, 0) is 10.0 Å². The Bertz CT molecular complexity index is 515. The molecular formula is C8H13N5O4S. The van der Waals surface area contributed by atoms with Gasteiger partial charge in [0.05, 0.1) is 10.2 Å². The van der Waals surface area contributed by atoms with Gasteiger partial charge < -0.3 is 5.73 Å². The first-order valence-electron chi connectivity index (χ1n) is 4.94. The van der Waals surface area contributed by atoms with Crippen molar-refractivity contribution in [2.75, 3.05) is 12.0 Å². The average Bonchev–Trinajstić information content (AvgIpc) is 2.35. The van der Waals surface area contributed by atoms with Crippen LogP contribution in [0.2, 0.25) is 0 Å². The van der Waals surface area contributed by atoms with Crippen LogP contribution in [0.4, 0.5) is 11.5 Å². The summed E-state index contributed by atoms with van der Waals surface area (Å²) in [6, 6.07) is 2.49. The number of nitrogens with zero attached hydrogens (tertiary/aromatic N) is 2. The molecule has 0 aliphatic carbocycles. The molecule has 0 aromatic carbocycles. The molecule has 0 amide bonds. The summed E-state index contributed by atoms with van der Waals surface area (Å²) in [7, 11) is -3.59. The van der Waals surface area contributed by atoms with Crippen LogP contribution < -0.4 is 16.0 Å². The van der Waals surface area contributed by atoms with Gasteiger partial charge in [0.2, 0.25) is 10.0 Å². The van der Waals surface area contributed by atoms with Gasteiger partial charge in [0, 0.05) is 12.6 Å². The first kappa shape index (κ1) is 14.3. The number of nitrogens with one attached hydrogen (secondary N) is 2. The molecule has 1 unspecified atom stereocenters. The maximum Gasteiger partial charge on any atom is 0.287 e. The quantitative estimate of drug-likeness (QED) is 0.473. The molecule has 100 valence electrons. The Kier molecular flexibility index (Phi) is 4.53. The topological polar surface area (TPSA) is 140 Å². The molecule has 0 spiro atoms. The third-order valence-electron chi connectivity index (χ3n) is 2.14. The predicted molar refractivity (Wildman–Crippen MR) is 65.1 cm³/mol. The molecule has 1 heterocycles. The van der Waals surface area contributed by atoms with Crippen molar-refractivity contribution in [3.8, 4) is 0 Å². The minimum absolute atomic E-state index is 0.0231. The lowest BCUT2D eigenvalue weighted by Gasteiger charge is -2.12. The molecule has 1 aromatic heterocycles. The Morgan fingerprint density at radius 3 is 2.67 bits per heavy atom. The number of nitrogens with two attached hydrogens (primary N) is 1. The zero-order valence-corrected chi connectivity index (χ0v) is 10.3. The van der Waals surface area contributed by atoms with Crippen LogP contribution in [0.3, 0.4) is 0 Å². The van der Waals surface area contributed by atoms with Crippen LogP contribution >= 0.6 is 0 Å². The number of pyridine rings is 1. The normalized spacial score (nSPS) is 13.0. The van der Waals surface area contributed by atoms with E-state index in [1.165, 1.54) is 19.1 Å². The van der Waals surface area contributed by atoms with Crippen LogP contribution in [0.15, 0.2) is 18.3 Å². The highest BCUT2D eigenvalue weighted by Crippen LogP contribution is 2.11. The third-order valence-corrected chi connectivity index (χ3v) is 3.78. The van der Waals surface area contributed by atoms with Crippen molar-refractivity contribution in [2.24, 2.45) is 5.73 Å². The van der Waals surface area contributed by atoms with Crippen LogP contribution in [0.25, 0.3) is 0 Å².